The number of halogens is 2. The molecule has 2 heterocycles. The van der Waals surface area contributed by atoms with Crippen LogP contribution >= 0.6 is 11.8 Å². The average Bonchev–Trinajstić information content (AvgIpc) is 2.62. The van der Waals surface area contributed by atoms with Gasteiger partial charge in [-0.15, -0.1) is 0 Å². The number of thioether (sulfide) groups is 1. The van der Waals surface area contributed by atoms with E-state index in [2.05, 4.69) is 9.97 Å². The molecule has 1 aromatic heterocycles. The summed E-state index contributed by atoms with van der Waals surface area (Å²) in [6.45, 7) is 0.294. The predicted molar refractivity (Wildman–Crippen MR) is 94.4 cm³/mol. The number of hydrogen-bond donors (Lipinski definition) is 0. The zero-order valence-corrected chi connectivity index (χ0v) is 15.1. The molecule has 0 amide bonds. The van der Waals surface area contributed by atoms with Gasteiger partial charge < -0.3 is 14.4 Å². The SMILES string of the molecule is COc1cc(OC)c(F)c(C2=Cc3cnc(SC)nc3N(C)C2)c1F. The molecule has 132 valence electrons. The third-order valence-electron chi connectivity index (χ3n) is 3.95. The third kappa shape index (κ3) is 3.02. The fourth-order valence-corrected chi connectivity index (χ4v) is 3.09. The van der Waals surface area contributed by atoms with Crippen LogP contribution in [0.25, 0.3) is 11.6 Å². The molecule has 0 aliphatic carbocycles. The summed E-state index contributed by atoms with van der Waals surface area (Å²) < 4.78 is 39.5. The van der Waals surface area contributed by atoms with Gasteiger partial charge in [-0.05, 0) is 17.9 Å². The van der Waals surface area contributed by atoms with E-state index in [-0.39, 0.29) is 17.1 Å². The molecule has 0 N–H and O–H groups in total. The first kappa shape index (κ1) is 17.5. The minimum Gasteiger partial charge on any atom is -0.494 e. The number of anilines is 1. The Bertz CT molecular complexity index is 830. The van der Waals surface area contributed by atoms with E-state index >= 15 is 0 Å². The van der Waals surface area contributed by atoms with Crippen LogP contribution in [0.4, 0.5) is 14.6 Å². The van der Waals surface area contributed by atoms with Gasteiger partial charge in [0.1, 0.15) is 5.82 Å². The highest BCUT2D eigenvalue weighted by atomic mass is 32.2. The Balaban J connectivity index is 2.18. The van der Waals surface area contributed by atoms with Crippen LogP contribution in [0, 0.1) is 11.6 Å². The van der Waals surface area contributed by atoms with Gasteiger partial charge in [0.25, 0.3) is 0 Å². The second-order valence-corrected chi connectivity index (χ2v) is 6.22. The first-order valence-electron chi connectivity index (χ1n) is 7.43. The van der Waals surface area contributed by atoms with Crippen LogP contribution in [0.15, 0.2) is 17.4 Å². The van der Waals surface area contributed by atoms with Gasteiger partial charge in [0.05, 0.1) is 19.8 Å². The summed E-state index contributed by atoms with van der Waals surface area (Å²) in [5, 5.41) is 0.642. The summed E-state index contributed by atoms with van der Waals surface area (Å²) in [4.78, 5) is 10.5. The molecule has 0 saturated carbocycles. The average molecular weight is 365 g/mol. The molecule has 0 atom stereocenters. The highest BCUT2D eigenvalue weighted by Gasteiger charge is 2.27. The standard InChI is InChI=1S/C17H17F2N3O2S/c1-22-8-10(5-9-7-20-17(25-4)21-16(9)22)13-14(18)11(23-2)6-12(24-3)15(13)19/h5-7H,8H2,1-4H3. The van der Waals surface area contributed by atoms with E-state index in [4.69, 9.17) is 9.47 Å². The van der Waals surface area contributed by atoms with Crippen LogP contribution in [-0.2, 0) is 0 Å². The molecule has 3 rings (SSSR count). The van der Waals surface area contributed by atoms with Crippen LogP contribution in [0.3, 0.4) is 0 Å². The maximum atomic E-state index is 14.7. The molecule has 1 aromatic carbocycles. The maximum Gasteiger partial charge on any atom is 0.189 e. The molecular weight excluding hydrogens is 348 g/mol. The van der Waals surface area contributed by atoms with Gasteiger partial charge in [0.15, 0.2) is 28.3 Å². The lowest BCUT2D eigenvalue weighted by Crippen LogP contribution is -2.25. The van der Waals surface area contributed by atoms with Crippen molar-refractivity contribution in [3.05, 3.63) is 35.0 Å². The summed E-state index contributed by atoms with van der Waals surface area (Å²) >= 11 is 1.43. The number of rotatable bonds is 4. The van der Waals surface area contributed by atoms with Gasteiger partial charge in [0.2, 0.25) is 0 Å². The van der Waals surface area contributed by atoms with Crippen molar-refractivity contribution in [2.75, 3.05) is 39.0 Å². The summed E-state index contributed by atoms with van der Waals surface area (Å²) in [7, 11) is 4.47. The number of likely N-dealkylation sites (N-methyl/N-ethyl adjacent to an activating group) is 1. The third-order valence-corrected chi connectivity index (χ3v) is 4.51. The summed E-state index contributed by atoms with van der Waals surface area (Å²) in [5.41, 5.74) is 0.993. The Labute approximate surface area is 148 Å². The van der Waals surface area contributed by atoms with Gasteiger partial charge in [-0.25, -0.2) is 18.7 Å². The molecule has 1 aliphatic heterocycles. The van der Waals surface area contributed by atoms with Crippen molar-refractivity contribution < 1.29 is 18.3 Å². The van der Waals surface area contributed by atoms with Crippen LogP contribution < -0.4 is 14.4 Å². The molecule has 0 bridgehead atoms. The fourth-order valence-electron chi connectivity index (χ4n) is 2.75. The van der Waals surface area contributed by atoms with Crippen LogP contribution in [-0.4, -0.2) is 44.0 Å². The summed E-state index contributed by atoms with van der Waals surface area (Å²) in [5.74, 6) is -0.942. The van der Waals surface area contributed by atoms with Crippen molar-refractivity contribution >= 4 is 29.2 Å². The smallest absolute Gasteiger partial charge is 0.189 e. The van der Waals surface area contributed by atoms with Crippen LogP contribution in [0.2, 0.25) is 0 Å². The first-order chi connectivity index (χ1) is 12.0. The van der Waals surface area contributed by atoms with Crippen molar-refractivity contribution in [2.45, 2.75) is 5.16 Å². The first-order valence-corrected chi connectivity index (χ1v) is 8.65. The fraction of sp³-hybridized carbons (Fsp3) is 0.294. The minimum absolute atomic E-state index is 0.0726. The Morgan fingerprint density at radius 3 is 2.36 bits per heavy atom. The molecule has 1 aliphatic rings. The summed E-state index contributed by atoms with van der Waals surface area (Å²) in [6, 6.07) is 1.20. The van der Waals surface area contributed by atoms with Crippen molar-refractivity contribution in [2.24, 2.45) is 0 Å². The van der Waals surface area contributed by atoms with Crippen molar-refractivity contribution in [3.63, 3.8) is 0 Å². The number of benzene rings is 1. The van der Waals surface area contributed by atoms with Gasteiger partial charge in [0, 0.05) is 31.4 Å². The van der Waals surface area contributed by atoms with Crippen molar-refractivity contribution in [1.82, 2.24) is 9.97 Å². The second kappa shape index (κ2) is 6.87. The van der Waals surface area contributed by atoms with Gasteiger partial charge in [-0.1, -0.05) is 11.8 Å². The Morgan fingerprint density at radius 1 is 1.16 bits per heavy atom. The molecule has 0 spiro atoms. The lowest BCUT2D eigenvalue weighted by molar-refractivity contribution is 0.357. The number of fused-ring (bicyclic) bond motifs is 1. The van der Waals surface area contributed by atoms with Crippen LogP contribution in [0.5, 0.6) is 11.5 Å². The van der Waals surface area contributed by atoms with E-state index in [1.54, 1.807) is 12.3 Å². The Hall–Kier alpha value is -2.35. The minimum atomic E-state index is -0.759. The van der Waals surface area contributed by atoms with E-state index in [9.17, 15) is 8.78 Å². The molecule has 8 heteroatoms. The lowest BCUT2D eigenvalue weighted by atomic mass is 9.98. The molecule has 25 heavy (non-hydrogen) atoms. The van der Waals surface area contributed by atoms with E-state index in [1.165, 1.54) is 32.0 Å². The molecule has 0 fully saturated rings. The Kier molecular flexibility index (Phi) is 4.80. The quantitative estimate of drug-likeness (QED) is 0.611. The number of hydrogen-bond acceptors (Lipinski definition) is 6. The number of nitrogens with zero attached hydrogens (tertiary/aromatic N) is 3. The highest BCUT2D eigenvalue weighted by molar-refractivity contribution is 7.98. The number of methoxy groups -OCH3 is 2. The van der Waals surface area contributed by atoms with E-state index in [0.717, 1.165) is 5.82 Å². The molecule has 5 nitrogen and oxygen atoms in total. The van der Waals surface area contributed by atoms with Gasteiger partial charge in [-0.2, -0.15) is 0 Å². The maximum absolute atomic E-state index is 14.7. The van der Waals surface area contributed by atoms with E-state index in [0.29, 0.717) is 22.8 Å². The van der Waals surface area contributed by atoms with Crippen molar-refractivity contribution in [1.29, 1.82) is 0 Å². The molecule has 0 radical (unpaired) electrons. The van der Waals surface area contributed by atoms with E-state index in [1.807, 2.05) is 18.2 Å². The highest BCUT2D eigenvalue weighted by Crippen LogP contribution is 2.38. The number of ether oxygens (including phenoxy) is 2. The van der Waals surface area contributed by atoms with Crippen LogP contribution in [0.1, 0.15) is 11.1 Å². The zero-order valence-electron chi connectivity index (χ0n) is 14.3. The Morgan fingerprint density at radius 2 is 1.80 bits per heavy atom. The predicted octanol–water partition coefficient (Wildman–Crippen LogP) is 3.48. The summed E-state index contributed by atoms with van der Waals surface area (Å²) in [6.07, 6.45) is 5.23. The lowest BCUT2D eigenvalue weighted by Gasteiger charge is -2.27. The topological polar surface area (TPSA) is 47.5 Å². The second-order valence-electron chi connectivity index (χ2n) is 5.45. The zero-order chi connectivity index (χ0) is 18.1. The van der Waals surface area contributed by atoms with Gasteiger partial charge in [-0.3, -0.25) is 0 Å². The molecule has 2 aromatic rings. The van der Waals surface area contributed by atoms with Gasteiger partial charge >= 0.3 is 0 Å². The largest absolute Gasteiger partial charge is 0.494 e. The van der Waals surface area contributed by atoms with E-state index < -0.39 is 11.6 Å². The monoisotopic (exact) mass is 365 g/mol. The number of aromatic nitrogens is 2. The normalized spacial score (nSPS) is 13.4. The molecular formula is C17H17F2N3O2S. The molecule has 0 unspecified atom stereocenters. The van der Waals surface area contributed by atoms with Crippen molar-refractivity contribution in [3.8, 4) is 11.5 Å². The molecule has 0 saturated heterocycles.